The minimum absolute atomic E-state index is 0.276. The van der Waals surface area contributed by atoms with Crippen molar-refractivity contribution in [1.29, 1.82) is 0 Å². The minimum atomic E-state index is 0.276. The van der Waals surface area contributed by atoms with Gasteiger partial charge in [0.1, 0.15) is 0 Å². The predicted octanol–water partition coefficient (Wildman–Crippen LogP) is 4.69. The lowest BCUT2D eigenvalue weighted by Crippen LogP contribution is -2.30. The zero-order valence-electron chi connectivity index (χ0n) is 10.9. The van der Waals surface area contributed by atoms with E-state index >= 15 is 0 Å². The van der Waals surface area contributed by atoms with E-state index in [1.54, 1.807) is 0 Å². The third kappa shape index (κ3) is 3.01. The molecule has 0 heterocycles. The summed E-state index contributed by atoms with van der Waals surface area (Å²) in [6, 6.07) is 5.95. The monoisotopic (exact) mass is 285 g/mol. The van der Waals surface area contributed by atoms with Crippen LogP contribution in [0, 0.1) is 11.3 Å². The van der Waals surface area contributed by atoms with Crippen LogP contribution in [0.25, 0.3) is 0 Å². The van der Waals surface area contributed by atoms with Crippen molar-refractivity contribution in [1.82, 2.24) is 0 Å². The van der Waals surface area contributed by atoms with E-state index in [0.29, 0.717) is 10.0 Å². The largest absolute Gasteiger partial charge is 0.330 e. The van der Waals surface area contributed by atoms with E-state index < -0.39 is 0 Å². The van der Waals surface area contributed by atoms with E-state index in [0.717, 1.165) is 18.9 Å². The first-order chi connectivity index (χ1) is 8.58. The average Bonchev–Trinajstić information content (AvgIpc) is 2.78. The molecule has 0 amide bonds. The Balaban J connectivity index is 2.13. The summed E-state index contributed by atoms with van der Waals surface area (Å²) in [5.74, 6) is 0.844. The molecule has 1 aliphatic rings. The molecule has 0 spiro atoms. The Morgan fingerprint density at radius 3 is 2.67 bits per heavy atom. The molecule has 2 rings (SSSR count). The van der Waals surface area contributed by atoms with Crippen LogP contribution < -0.4 is 5.73 Å². The fourth-order valence-corrected chi connectivity index (χ4v) is 3.50. The van der Waals surface area contributed by atoms with E-state index in [9.17, 15) is 0 Å². The van der Waals surface area contributed by atoms with E-state index in [1.165, 1.54) is 31.2 Å². The summed E-state index contributed by atoms with van der Waals surface area (Å²) < 4.78 is 0. The van der Waals surface area contributed by atoms with Gasteiger partial charge in [0.25, 0.3) is 0 Å². The van der Waals surface area contributed by atoms with Gasteiger partial charge in [-0.3, -0.25) is 0 Å². The summed E-state index contributed by atoms with van der Waals surface area (Å²) in [4.78, 5) is 0. The molecule has 1 fully saturated rings. The maximum absolute atomic E-state index is 6.08. The zero-order valence-corrected chi connectivity index (χ0v) is 12.4. The van der Waals surface area contributed by atoms with Gasteiger partial charge in [-0.25, -0.2) is 0 Å². The number of halogens is 2. The van der Waals surface area contributed by atoms with Crippen LogP contribution in [0.2, 0.25) is 10.0 Å². The van der Waals surface area contributed by atoms with Gasteiger partial charge < -0.3 is 5.73 Å². The number of rotatable bonds is 4. The third-order valence-corrected chi connectivity index (χ3v) is 5.12. The molecule has 2 unspecified atom stereocenters. The molecule has 0 saturated heterocycles. The highest BCUT2D eigenvalue weighted by atomic mass is 35.5. The molecule has 3 heteroatoms. The number of nitrogens with two attached hydrogens (primary N) is 1. The molecule has 0 aromatic heterocycles. The van der Waals surface area contributed by atoms with Crippen molar-refractivity contribution >= 4 is 23.2 Å². The molecule has 18 heavy (non-hydrogen) atoms. The minimum Gasteiger partial charge on any atom is -0.330 e. The topological polar surface area (TPSA) is 26.0 Å². The van der Waals surface area contributed by atoms with Gasteiger partial charge in [0.2, 0.25) is 0 Å². The number of benzene rings is 1. The lowest BCUT2D eigenvalue weighted by Gasteiger charge is -2.28. The van der Waals surface area contributed by atoms with Gasteiger partial charge in [-0.05, 0) is 61.3 Å². The van der Waals surface area contributed by atoms with Gasteiger partial charge >= 0.3 is 0 Å². The second-order valence-corrected chi connectivity index (χ2v) is 6.46. The van der Waals surface area contributed by atoms with Crippen molar-refractivity contribution in [3.05, 3.63) is 33.8 Å². The second kappa shape index (κ2) is 5.81. The van der Waals surface area contributed by atoms with Crippen LogP contribution >= 0.6 is 23.2 Å². The maximum Gasteiger partial charge on any atom is 0.0595 e. The molecule has 0 bridgehead atoms. The molecule has 100 valence electrons. The summed E-state index contributed by atoms with van der Waals surface area (Å²) in [6.07, 6.45) is 6.09. The second-order valence-electron chi connectivity index (χ2n) is 5.65. The fraction of sp³-hybridized carbons (Fsp3) is 0.600. The van der Waals surface area contributed by atoms with Gasteiger partial charge in [-0.15, -0.1) is 0 Å². The predicted molar refractivity (Wildman–Crippen MR) is 79.3 cm³/mol. The molecule has 1 saturated carbocycles. The molecule has 2 N–H and O–H groups in total. The quantitative estimate of drug-likeness (QED) is 0.853. The molecular formula is C15H21Cl2N. The lowest BCUT2D eigenvalue weighted by atomic mass is 9.79. The first kappa shape index (κ1) is 14.2. The maximum atomic E-state index is 6.08. The number of hydrogen-bond donors (Lipinski definition) is 1. The van der Waals surface area contributed by atoms with E-state index in [4.69, 9.17) is 28.9 Å². The summed E-state index contributed by atoms with van der Waals surface area (Å²) >= 11 is 12.0. The van der Waals surface area contributed by atoms with Gasteiger partial charge in [0.05, 0.1) is 10.0 Å². The van der Waals surface area contributed by atoms with Crippen LogP contribution in [-0.4, -0.2) is 6.54 Å². The summed E-state index contributed by atoms with van der Waals surface area (Å²) in [5, 5.41) is 1.27. The molecule has 1 aromatic rings. The molecule has 1 aromatic carbocycles. The molecule has 0 radical (unpaired) electrons. The Morgan fingerprint density at radius 2 is 2.11 bits per heavy atom. The Bertz CT molecular complexity index is 419. The van der Waals surface area contributed by atoms with Crippen molar-refractivity contribution < 1.29 is 0 Å². The van der Waals surface area contributed by atoms with Crippen LogP contribution in [0.15, 0.2) is 18.2 Å². The fourth-order valence-electron chi connectivity index (χ4n) is 3.18. The molecule has 2 atom stereocenters. The standard InChI is InChI=1S/C15H21Cl2N/c1-2-11-5-6-15(8-11,10-18)9-12-3-4-13(16)14(17)7-12/h3-4,7,11H,2,5-6,8-10,18H2,1H3. The van der Waals surface area contributed by atoms with Gasteiger partial charge in [0, 0.05) is 0 Å². The first-order valence-electron chi connectivity index (χ1n) is 6.72. The smallest absolute Gasteiger partial charge is 0.0595 e. The Morgan fingerprint density at radius 1 is 1.33 bits per heavy atom. The van der Waals surface area contributed by atoms with Crippen LogP contribution in [-0.2, 0) is 6.42 Å². The van der Waals surface area contributed by atoms with Crippen molar-refractivity contribution in [2.75, 3.05) is 6.54 Å². The molecule has 1 nitrogen and oxygen atoms in total. The summed E-state index contributed by atoms with van der Waals surface area (Å²) in [7, 11) is 0. The van der Waals surface area contributed by atoms with E-state index in [2.05, 4.69) is 13.0 Å². The van der Waals surface area contributed by atoms with Gasteiger partial charge in [0.15, 0.2) is 0 Å². The summed E-state index contributed by atoms with van der Waals surface area (Å²) in [6.45, 7) is 3.04. The van der Waals surface area contributed by atoms with E-state index in [1.807, 2.05) is 12.1 Å². The van der Waals surface area contributed by atoms with Gasteiger partial charge in [-0.1, -0.05) is 42.6 Å². The highest BCUT2D eigenvalue weighted by Crippen LogP contribution is 2.45. The Kier molecular flexibility index (Phi) is 4.58. The zero-order chi connectivity index (χ0) is 13.2. The van der Waals surface area contributed by atoms with Crippen molar-refractivity contribution in [3.8, 4) is 0 Å². The summed E-state index contributed by atoms with van der Waals surface area (Å²) in [5.41, 5.74) is 7.57. The molecule has 1 aliphatic carbocycles. The first-order valence-corrected chi connectivity index (χ1v) is 7.48. The average molecular weight is 286 g/mol. The van der Waals surface area contributed by atoms with Crippen LogP contribution in [0.4, 0.5) is 0 Å². The SMILES string of the molecule is CCC1CCC(CN)(Cc2ccc(Cl)c(Cl)c2)C1. The van der Waals surface area contributed by atoms with Crippen molar-refractivity contribution in [2.24, 2.45) is 17.1 Å². The lowest BCUT2D eigenvalue weighted by molar-refractivity contribution is 0.290. The molecule has 0 aliphatic heterocycles. The van der Waals surface area contributed by atoms with Crippen molar-refractivity contribution in [2.45, 2.75) is 39.0 Å². The normalized spacial score (nSPS) is 27.7. The molecular weight excluding hydrogens is 265 g/mol. The van der Waals surface area contributed by atoms with Crippen LogP contribution in [0.5, 0.6) is 0 Å². The van der Waals surface area contributed by atoms with Crippen molar-refractivity contribution in [3.63, 3.8) is 0 Å². The van der Waals surface area contributed by atoms with Gasteiger partial charge in [-0.2, -0.15) is 0 Å². The van der Waals surface area contributed by atoms with Crippen LogP contribution in [0.1, 0.15) is 38.2 Å². The van der Waals surface area contributed by atoms with E-state index in [-0.39, 0.29) is 5.41 Å². The Labute approximate surface area is 120 Å². The van der Waals surface area contributed by atoms with Crippen LogP contribution in [0.3, 0.4) is 0 Å². The third-order valence-electron chi connectivity index (χ3n) is 4.38. The number of hydrogen-bond acceptors (Lipinski definition) is 1. The highest BCUT2D eigenvalue weighted by molar-refractivity contribution is 6.42. The Hall–Kier alpha value is -0.240. The highest BCUT2D eigenvalue weighted by Gasteiger charge is 2.37.